The zero-order chi connectivity index (χ0) is 20.8. The predicted molar refractivity (Wildman–Crippen MR) is 119 cm³/mol. The van der Waals surface area contributed by atoms with E-state index in [2.05, 4.69) is 16.0 Å². The Bertz CT molecular complexity index is 1030. The largest absolute Gasteiger partial charge is 0.370 e. The van der Waals surface area contributed by atoms with E-state index in [9.17, 15) is 4.79 Å². The van der Waals surface area contributed by atoms with Crippen LogP contribution in [0.1, 0.15) is 22.3 Å². The molecule has 2 aromatic carbocycles. The van der Waals surface area contributed by atoms with Gasteiger partial charge in [-0.15, -0.1) is 0 Å². The van der Waals surface area contributed by atoms with Crippen LogP contribution in [0.4, 0.5) is 5.69 Å². The van der Waals surface area contributed by atoms with Crippen LogP contribution in [0.15, 0.2) is 82.8 Å². The van der Waals surface area contributed by atoms with Crippen LogP contribution in [0.2, 0.25) is 0 Å². The fourth-order valence-corrected chi connectivity index (χ4v) is 4.28. The summed E-state index contributed by atoms with van der Waals surface area (Å²) in [6, 6.07) is 23.4. The van der Waals surface area contributed by atoms with Gasteiger partial charge in [0.1, 0.15) is 5.03 Å². The summed E-state index contributed by atoms with van der Waals surface area (Å²) < 4.78 is 0. The van der Waals surface area contributed by atoms with Crippen LogP contribution in [0.25, 0.3) is 0 Å². The van der Waals surface area contributed by atoms with Crippen LogP contribution < -0.4 is 4.90 Å². The van der Waals surface area contributed by atoms with Gasteiger partial charge in [0.25, 0.3) is 5.91 Å². The lowest BCUT2D eigenvalue weighted by atomic mass is 10.2. The summed E-state index contributed by atoms with van der Waals surface area (Å²) in [6.07, 6.45) is 2.69. The van der Waals surface area contributed by atoms with Crippen molar-refractivity contribution in [2.24, 2.45) is 0 Å². The molecule has 3 aromatic rings. The highest BCUT2D eigenvalue weighted by molar-refractivity contribution is 7.99. The van der Waals surface area contributed by atoms with E-state index < -0.39 is 0 Å². The fourth-order valence-electron chi connectivity index (χ4n) is 3.50. The summed E-state index contributed by atoms with van der Waals surface area (Å²) in [5.41, 5.74) is 2.47. The van der Waals surface area contributed by atoms with Gasteiger partial charge in [-0.2, -0.15) is 5.26 Å². The molecule has 1 aliphatic rings. The molecule has 0 N–H and O–H groups in total. The van der Waals surface area contributed by atoms with E-state index in [1.807, 2.05) is 71.6 Å². The molecule has 1 aromatic heterocycles. The second-order valence-electron chi connectivity index (χ2n) is 7.09. The third-order valence-electron chi connectivity index (χ3n) is 5.11. The quantitative estimate of drug-likeness (QED) is 0.631. The van der Waals surface area contributed by atoms with Gasteiger partial charge in [0.2, 0.25) is 0 Å². The highest BCUT2D eigenvalue weighted by Gasteiger charge is 2.20. The number of benzene rings is 2. The van der Waals surface area contributed by atoms with Crippen molar-refractivity contribution in [3.8, 4) is 6.07 Å². The predicted octanol–water partition coefficient (Wildman–Crippen LogP) is 4.46. The smallest absolute Gasteiger partial charge is 0.253 e. The molecule has 6 heteroatoms. The minimum absolute atomic E-state index is 0.0751. The van der Waals surface area contributed by atoms with Gasteiger partial charge < -0.3 is 9.80 Å². The van der Waals surface area contributed by atoms with Gasteiger partial charge in [-0.05, 0) is 67.1 Å². The van der Waals surface area contributed by atoms with Gasteiger partial charge in [0, 0.05) is 48.5 Å². The van der Waals surface area contributed by atoms with E-state index in [4.69, 9.17) is 5.26 Å². The first-order chi connectivity index (χ1) is 14.7. The van der Waals surface area contributed by atoms with Crippen molar-refractivity contribution in [2.45, 2.75) is 16.3 Å². The molecule has 2 heterocycles. The molecule has 0 radical (unpaired) electrons. The number of hydrogen-bond donors (Lipinski definition) is 0. The molecule has 30 heavy (non-hydrogen) atoms. The number of nitriles is 1. The van der Waals surface area contributed by atoms with E-state index >= 15 is 0 Å². The zero-order valence-corrected chi connectivity index (χ0v) is 17.4. The Morgan fingerprint density at radius 3 is 2.43 bits per heavy atom. The van der Waals surface area contributed by atoms with Crippen LogP contribution >= 0.6 is 11.8 Å². The van der Waals surface area contributed by atoms with Crippen molar-refractivity contribution in [1.29, 1.82) is 5.26 Å². The third-order valence-corrected chi connectivity index (χ3v) is 6.06. The molecule has 0 bridgehead atoms. The monoisotopic (exact) mass is 414 g/mol. The third kappa shape index (κ3) is 4.81. The van der Waals surface area contributed by atoms with Crippen LogP contribution in [0.5, 0.6) is 0 Å². The number of hydrogen-bond acceptors (Lipinski definition) is 5. The topological polar surface area (TPSA) is 60.2 Å². The van der Waals surface area contributed by atoms with Gasteiger partial charge in [-0.3, -0.25) is 4.79 Å². The Kier molecular flexibility index (Phi) is 6.31. The molecule has 1 aliphatic heterocycles. The number of carbonyl (C=O) groups is 1. The lowest BCUT2D eigenvalue weighted by molar-refractivity contribution is 0.0767. The molecular formula is C24H22N4OS. The van der Waals surface area contributed by atoms with Crippen molar-refractivity contribution >= 4 is 23.4 Å². The maximum absolute atomic E-state index is 13.0. The summed E-state index contributed by atoms with van der Waals surface area (Å²) >= 11 is 1.58. The number of nitrogens with zero attached hydrogens (tertiary/aromatic N) is 4. The zero-order valence-electron chi connectivity index (χ0n) is 16.6. The normalized spacial score (nSPS) is 14.1. The van der Waals surface area contributed by atoms with Crippen molar-refractivity contribution < 1.29 is 4.79 Å². The lowest BCUT2D eigenvalue weighted by Gasteiger charge is -2.24. The van der Waals surface area contributed by atoms with E-state index in [1.54, 1.807) is 18.0 Å². The standard InChI is InChI=1S/C24H22N4OS/c25-18-19-5-9-21(10-6-19)27-14-3-15-28(17-16-27)24(29)20-7-11-22(12-8-20)30-23-4-1-2-13-26-23/h1-2,4-13H,3,14-17H2. The number of anilines is 1. The van der Waals surface area contributed by atoms with E-state index in [1.165, 1.54) is 0 Å². The number of aromatic nitrogens is 1. The first kappa shape index (κ1) is 20.0. The molecule has 5 nitrogen and oxygen atoms in total. The second kappa shape index (κ2) is 9.47. The molecule has 0 spiro atoms. The highest BCUT2D eigenvalue weighted by Crippen LogP contribution is 2.26. The number of carbonyl (C=O) groups excluding carboxylic acids is 1. The van der Waals surface area contributed by atoms with Crippen LogP contribution in [-0.4, -0.2) is 42.0 Å². The maximum Gasteiger partial charge on any atom is 0.253 e. The van der Waals surface area contributed by atoms with Crippen molar-refractivity contribution in [3.05, 3.63) is 84.1 Å². The summed E-state index contributed by atoms with van der Waals surface area (Å²) in [7, 11) is 0. The van der Waals surface area contributed by atoms with E-state index in [-0.39, 0.29) is 5.91 Å². The molecule has 0 saturated carbocycles. The Balaban J connectivity index is 1.38. The van der Waals surface area contributed by atoms with Gasteiger partial charge >= 0.3 is 0 Å². The molecule has 0 unspecified atom stereocenters. The van der Waals surface area contributed by atoms with Crippen LogP contribution in [-0.2, 0) is 0 Å². The molecule has 150 valence electrons. The first-order valence-electron chi connectivity index (χ1n) is 9.96. The molecule has 4 rings (SSSR count). The molecular weight excluding hydrogens is 392 g/mol. The van der Waals surface area contributed by atoms with Crippen molar-refractivity contribution in [1.82, 2.24) is 9.88 Å². The number of rotatable bonds is 4. The van der Waals surface area contributed by atoms with Gasteiger partial charge in [-0.25, -0.2) is 4.98 Å². The van der Waals surface area contributed by atoms with Gasteiger partial charge in [0.05, 0.1) is 11.6 Å². The number of pyridine rings is 1. The van der Waals surface area contributed by atoms with Gasteiger partial charge in [0.15, 0.2) is 0 Å². The summed E-state index contributed by atoms with van der Waals surface area (Å²) in [5, 5.41) is 9.90. The summed E-state index contributed by atoms with van der Waals surface area (Å²) in [6.45, 7) is 3.11. The van der Waals surface area contributed by atoms with Crippen molar-refractivity contribution in [3.63, 3.8) is 0 Å². The molecule has 1 amide bonds. The lowest BCUT2D eigenvalue weighted by Crippen LogP contribution is -2.35. The van der Waals surface area contributed by atoms with Crippen LogP contribution in [0.3, 0.4) is 0 Å². The van der Waals surface area contributed by atoms with Crippen molar-refractivity contribution in [2.75, 3.05) is 31.1 Å². The second-order valence-corrected chi connectivity index (χ2v) is 8.18. The van der Waals surface area contributed by atoms with E-state index in [0.717, 1.165) is 41.7 Å². The number of amides is 1. The molecule has 1 saturated heterocycles. The first-order valence-corrected chi connectivity index (χ1v) is 10.8. The Hall–Kier alpha value is -3.30. The Morgan fingerprint density at radius 2 is 1.73 bits per heavy atom. The minimum Gasteiger partial charge on any atom is -0.370 e. The van der Waals surface area contributed by atoms with Gasteiger partial charge in [-0.1, -0.05) is 17.8 Å². The highest BCUT2D eigenvalue weighted by atomic mass is 32.2. The summed E-state index contributed by atoms with van der Waals surface area (Å²) in [4.78, 5) is 22.6. The fraction of sp³-hybridized carbons (Fsp3) is 0.208. The Labute approximate surface area is 181 Å². The average molecular weight is 415 g/mol. The van der Waals surface area contributed by atoms with E-state index in [0.29, 0.717) is 17.7 Å². The molecule has 0 atom stereocenters. The summed E-state index contributed by atoms with van der Waals surface area (Å²) in [5.74, 6) is 0.0751. The SMILES string of the molecule is N#Cc1ccc(N2CCCN(C(=O)c3ccc(Sc4ccccn4)cc3)CC2)cc1. The van der Waals surface area contributed by atoms with Crippen LogP contribution in [0, 0.1) is 11.3 Å². The minimum atomic E-state index is 0.0751. The molecule has 0 aliphatic carbocycles. The Morgan fingerprint density at radius 1 is 0.933 bits per heavy atom. The maximum atomic E-state index is 13.0. The molecule has 1 fully saturated rings. The average Bonchev–Trinajstić information content (AvgIpc) is 3.06.